The number of nitrogens with zero attached hydrogens (tertiary/aromatic N) is 6. The lowest BCUT2D eigenvalue weighted by Gasteiger charge is -2.36. The number of guanidine groups is 1. The number of nitrogens with one attached hydrogen (secondary N) is 1. The lowest BCUT2D eigenvalue weighted by molar-refractivity contribution is 0.372. The molecule has 2 aromatic heterocycles. The van der Waals surface area contributed by atoms with Crippen molar-refractivity contribution >= 4 is 22.6 Å². The average molecular weight is 426 g/mol. The number of piperazine rings is 1. The molecule has 1 N–H and O–H groups in total. The molecule has 0 aliphatic carbocycles. The Hall–Kier alpha value is -2.94. The molecule has 0 spiro atoms. The molecular weight excluding hydrogens is 398 g/mol. The van der Waals surface area contributed by atoms with Crippen molar-refractivity contribution in [2.45, 2.75) is 26.8 Å². The lowest BCUT2D eigenvalue weighted by atomic mass is 10.2. The van der Waals surface area contributed by atoms with E-state index in [9.17, 15) is 0 Å². The minimum atomic E-state index is 0.481. The lowest BCUT2D eigenvalue weighted by Crippen LogP contribution is -2.52. The summed E-state index contributed by atoms with van der Waals surface area (Å²) in [7, 11) is 0. The van der Waals surface area contributed by atoms with Crippen molar-refractivity contribution in [1.82, 2.24) is 24.6 Å². The summed E-state index contributed by atoms with van der Waals surface area (Å²) < 4.78 is 10.0. The molecule has 1 saturated heterocycles. The van der Waals surface area contributed by atoms with Gasteiger partial charge in [0.25, 0.3) is 0 Å². The summed E-state index contributed by atoms with van der Waals surface area (Å²) in [6, 6.07) is 9.91. The predicted molar refractivity (Wildman–Crippen MR) is 120 cm³/mol. The van der Waals surface area contributed by atoms with Crippen LogP contribution < -0.4 is 10.2 Å². The minimum absolute atomic E-state index is 0.481. The van der Waals surface area contributed by atoms with Gasteiger partial charge in [0.2, 0.25) is 11.0 Å². The highest BCUT2D eigenvalue weighted by Crippen LogP contribution is 2.20. The van der Waals surface area contributed by atoms with Crippen molar-refractivity contribution in [3.63, 3.8) is 0 Å². The zero-order chi connectivity index (χ0) is 20.8. The monoisotopic (exact) mass is 425 g/mol. The molecule has 1 fully saturated rings. The molecule has 30 heavy (non-hydrogen) atoms. The van der Waals surface area contributed by atoms with Crippen molar-refractivity contribution in [2.75, 3.05) is 37.6 Å². The van der Waals surface area contributed by atoms with E-state index in [2.05, 4.69) is 43.3 Å². The van der Waals surface area contributed by atoms with Crippen molar-refractivity contribution in [2.24, 2.45) is 4.99 Å². The molecule has 0 bridgehead atoms. The molecule has 0 unspecified atom stereocenters. The van der Waals surface area contributed by atoms with Gasteiger partial charge in [0.15, 0.2) is 5.96 Å². The fraction of sp³-hybridized carbons (Fsp3) is 0.429. The number of aromatic nitrogens is 3. The Labute approximate surface area is 180 Å². The second kappa shape index (κ2) is 9.71. The summed E-state index contributed by atoms with van der Waals surface area (Å²) in [5.41, 5.74) is 1.79. The van der Waals surface area contributed by atoms with Gasteiger partial charge >= 0.3 is 0 Å². The Morgan fingerprint density at radius 2 is 1.93 bits per heavy atom. The van der Waals surface area contributed by atoms with Crippen LogP contribution in [-0.4, -0.2) is 57.9 Å². The molecule has 8 nitrogen and oxygen atoms in total. The molecule has 3 heterocycles. The van der Waals surface area contributed by atoms with Gasteiger partial charge in [-0.1, -0.05) is 25.1 Å². The van der Waals surface area contributed by atoms with Gasteiger partial charge in [-0.2, -0.15) is 4.37 Å². The number of hydrogen-bond acceptors (Lipinski definition) is 7. The highest BCUT2D eigenvalue weighted by atomic mass is 32.1. The number of oxazole rings is 1. The first-order valence-corrected chi connectivity index (χ1v) is 11.1. The van der Waals surface area contributed by atoms with Crippen LogP contribution in [0.1, 0.15) is 25.4 Å². The van der Waals surface area contributed by atoms with Crippen LogP contribution in [0.2, 0.25) is 0 Å². The van der Waals surface area contributed by atoms with Gasteiger partial charge in [-0.25, -0.2) is 15.0 Å². The van der Waals surface area contributed by atoms with E-state index < -0.39 is 0 Å². The van der Waals surface area contributed by atoms with E-state index >= 15 is 0 Å². The van der Waals surface area contributed by atoms with E-state index in [1.54, 1.807) is 6.26 Å². The quantitative estimate of drug-likeness (QED) is 0.480. The SMILES string of the molecule is CCNC(=NCc1coc(-c2ccccc2)n1)N1CCN(c2nc(CC)ns2)CC1. The van der Waals surface area contributed by atoms with Crippen molar-refractivity contribution < 1.29 is 4.42 Å². The maximum atomic E-state index is 5.63. The molecule has 1 aliphatic rings. The Balaban J connectivity index is 1.38. The smallest absolute Gasteiger partial charge is 0.226 e. The summed E-state index contributed by atoms with van der Waals surface area (Å²) in [5.74, 6) is 2.46. The normalized spacial score (nSPS) is 14.9. The van der Waals surface area contributed by atoms with E-state index in [-0.39, 0.29) is 0 Å². The van der Waals surface area contributed by atoms with Crippen LogP contribution in [-0.2, 0) is 13.0 Å². The highest BCUT2D eigenvalue weighted by Gasteiger charge is 2.22. The van der Waals surface area contributed by atoms with Crippen molar-refractivity contribution in [3.8, 4) is 11.5 Å². The molecule has 1 aliphatic heterocycles. The number of hydrogen-bond donors (Lipinski definition) is 1. The van der Waals surface area contributed by atoms with E-state index in [0.717, 1.165) is 67.3 Å². The number of aliphatic imine (C=N–C) groups is 1. The van der Waals surface area contributed by atoms with Crippen LogP contribution in [0.15, 0.2) is 46.0 Å². The Morgan fingerprint density at radius 3 is 2.63 bits per heavy atom. The van der Waals surface area contributed by atoms with Crippen LogP contribution in [0, 0.1) is 0 Å². The second-order valence-corrected chi connectivity index (χ2v) is 7.73. The third kappa shape index (κ3) is 4.79. The van der Waals surface area contributed by atoms with E-state index in [1.165, 1.54) is 11.5 Å². The summed E-state index contributed by atoms with van der Waals surface area (Å²) in [6.45, 7) is 9.07. The molecule has 0 amide bonds. The van der Waals surface area contributed by atoms with Crippen LogP contribution in [0.25, 0.3) is 11.5 Å². The summed E-state index contributed by atoms with van der Waals surface area (Å²) >= 11 is 1.49. The fourth-order valence-corrected chi connectivity index (χ4v) is 4.10. The zero-order valence-electron chi connectivity index (χ0n) is 17.4. The number of benzene rings is 1. The predicted octanol–water partition coefficient (Wildman–Crippen LogP) is 3.04. The summed E-state index contributed by atoms with van der Waals surface area (Å²) in [6.07, 6.45) is 2.57. The largest absolute Gasteiger partial charge is 0.444 e. The van der Waals surface area contributed by atoms with Gasteiger partial charge < -0.3 is 19.5 Å². The third-order valence-electron chi connectivity index (χ3n) is 4.92. The van der Waals surface area contributed by atoms with Crippen LogP contribution in [0.4, 0.5) is 5.13 Å². The topological polar surface area (TPSA) is 82.7 Å². The fourth-order valence-electron chi connectivity index (χ4n) is 3.30. The number of rotatable bonds is 6. The molecule has 0 saturated carbocycles. The Morgan fingerprint density at radius 1 is 1.13 bits per heavy atom. The average Bonchev–Trinajstić information content (AvgIpc) is 3.47. The third-order valence-corrected chi connectivity index (χ3v) is 5.74. The van der Waals surface area contributed by atoms with Crippen LogP contribution in [0.3, 0.4) is 0 Å². The molecular formula is C21H27N7OS. The summed E-state index contributed by atoms with van der Waals surface area (Å²) in [4.78, 5) is 18.6. The van der Waals surface area contributed by atoms with E-state index in [0.29, 0.717) is 12.4 Å². The molecule has 9 heteroatoms. The summed E-state index contributed by atoms with van der Waals surface area (Å²) in [5, 5.41) is 4.42. The Bertz CT molecular complexity index is 961. The first-order chi connectivity index (χ1) is 14.8. The molecule has 1 aromatic carbocycles. The number of aryl methyl sites for hydroxylation is 1. The molecule has 4 rings (SSSR count). The second-order valence-electron chi connectivity index (χ2n) is 7.00. The Kier molecular flexibility index (Phi) is 6.58. The molecule has 0 atom stereocenters. The van der Waals surface area contributed by atoms with Gasteiger partial charge in [0, 0.05) is 56.2 Å². The van der Waals surface area contributed by atoms with Gasteiger partial charge in [-0.3, -0.25) is 0 Å². The van der Waals surface area contributed by atoms with E-state index in [1.807, 2.05) is 30.3 Å². The number of anilines is 1. The molecule has 3 aromatic rings. The van der Waals surface area contributed by atoms with Gasteiger partial charge in [0.05, 0.1) is 6.54 Å². The minimum Gasteiger partial charge on any atom is -0.444 e. The van der Waals surface area contributed by atoms with Crippen LogP contribution in [0.5, 0.6) is 0 Å². The maximum absolute atomic E-state index is 5.63. The first kappa shape index (κ1) is 20.3. The van der Waals surface area contributed by atoms with Gasteiger partial charge in [0.1, 0.15) is 17.8 Å². The van der Waals surface area contributed by atoms with Crippen LogP contribution >= 0.6 is 11.5 Å². The van der Waals surface area contributed by atoms with Crippen molar-refractivity contribution in [3.05, 3.63) is 48.1 Å². The van der Waals surface area contributed by atoms with Gasteiger partial charge in [-0.15, -0.1) is 0 Å². The standard InChI is InChI=1S/C21H27N7OS/c1-3-18-25-21(30-26-18)28-12-10-27(11-13-28)20(22-4-2)23-14-17-15-29-19(24-17)16-8-6-5-7-9-16/h5-9,15H,3-4,10-14H2,1-2H3,(H,22,23). The maximum Gasteiger partial charge on any atom is 0.226 e. The van der Waals surface area contributed by atoms with Gasteiger partial charge in [-0.05, 0) is 19.1 Å². The van der Waals surface area contributed by atoms with E-state index in [4.69, 9.17) is 9.41 Å². The zero-order valence-corrected chi connectivity index (χ0v) is 18.2. The highest BCUT2D eigenvalue weighted by molar-refractivity contribution is 7.09. The van der Waals surface area contributed by atoms with Crippen molar-refractivity contribution in [1.29, 1.82) is 0 Å². The first-order valence-electron chi connectivity index (χ1n) is 10.4. The molecule has 158 valence electrons. The molecule has 0 radical (unpaired) electrons.